The first-order valence-corrected chi connectivity index (χ1v) is 10.5. The first-order chi connectivity index (χ1) is 11.0. The van der Waals surface area contributed by atoms with Crippen LogP contribution in [-0.4, -0.2) is 41.1 Å². The first-order valence-electron chi connectivity index (χ1n) is 8.63. The average Bonchev–Trinajstić information content (AvgIpc) is 3.15. The van der Waals surface area contributed by atoms with Gasteiger partial charge in [-0.05, 0) is 32.4 Å². The van der Waals surface area contributed by atoms with Crippen LogP contribution in [0.25, 0.3) is 0 Å². The minimum absolute atomic E-state index is 0. The zero-order chi connectivity index (χ0) is 16.7. The SMILES string of the molecule is CCNC(=NCC1(C)CCCS1)NCCc1csc(C(C)C)n1.I. The van der Waals surface area contributed by atoms with E-state index < -0.39 is 0 Å². The number of thioether (sulfide) groups is 1. The highest BCUT2D eigenvalue weighted by atomic mass is 127. The third-order valence-electron chi connectivity index (χ3n) is 3.95. The fraction of sp³-hybridized carbons (Fsp3) is 0.765. The number of nitrogens with zero attached hydrogens (tertiary/aromatic N) is 2. The lowest BCUT2D eigenvalue weighted by atomic mass is 10.1. The molecule has 2 N–H and O–H groups in total. The van der Waals surface area contributed by atoms with Crippen LogP contribution in [0.5, 0.6) is 0 Å². The maximum Gasteiger partial charge on any atom is 0.191 e. The van der Waals surface area contributed by atoms with Crippen LogP contribution in [0.3, 0.4) is 0 Å². The van der Waals surface area contributed by atoms with Crippen molar-refractivity contribution in [1.29, 1.82) is 0 Å². The molecular formula is C17H31IN4S2. The minimum atomic E-state index is 0. The maximum atomic E-state index is 4.79. The van der Waals surface area contributed by atoms with E-state index in [1.165, 1.54) is 29.3 Å². The number of rotatable bonds is 7. The van der Waals surface area contributed by atoms with Crippen LogP contribution in [0.4, 0.5) is 0 Å². The summed E-state index contributed by atoms with van der Waals surface area (Å²) in [6, 6.07) is 0. The Balaban J connectivity index is 0.00000288. The topological polar surface area (TPSA) is 49.3 Å². The number of nitrogens with one attached hydrogen (secondary N) is 2. The summed E-state index contributed by atoms with van der Waals surface area (Å²) in [4.78, 5) is 9.48. The van der Waals surface area contributed by atoms with E-state index in [-0.39, 0.29) is 24.0 Å². The van der Waals surface area contributed by atoms with E-state index in [1.54, 1.807) is 11.3 Å². The zero-order valence-corrected chi connectivity index (χ0v) is 19.2. The second-order valence-corrected chi connectivity index (χ2v) is 9.18. The first kappa shape index (κ1) is 22.0. The van der Waals surface area contributed by atoms with Crippen LogP contribution in [0, 0.1) is 0 Å². The molecule has 1 unspecified atom stereocenters. The van der Waals surface area contributed by atoms with Gasteiger partial charge in [0, 0.05) is 35.6 Å². The van der Waals surface area contributed by atoms with Gasteiger partial charge < -0.3 is 10.6 Å². The third kappa shape index (κ3) is 7.07. The van der Waals surface area contributed by atoms with Gasteiger partial charge in [-0.2, -0.15) is 11.8 Å². The number of thiazole rings is 1. The fourth-order valence-electron chi connectivity index (χ4n) is 2.56. The van der Waals surface area contributed by atoms with Crippen LogP contribution >= 0.6 is 47.1 Å². The Morgan fingerprint density at radius 2 is 2.21 bits per heavy atom. The van der Waals surface area contributed by atoms with Crippen LogP contribution in [0.2, 0.25) is 0 Å². The highest BCUT2D eigenvalue weighted by Gasteiger charge is 2.29. The Morgan fingerprint density at radius 3 is 2.79 bits per heavy atom. The molecule has 0 amide bonds. The molecule has 0 spiro atoms. The Labute approximate surface area is 172 Å². The Hall–Kier alpha value is -0.0200. The van der Waals surface area contributed by atoms with Crippen molar-refractivity contribution in [1.82, 2.24) is 15.6 Å². The van der Waals surface area contributed by atoms with E-state index in [2.05, 4.69) is 60.5 Å². The number of aromatic nitrogens is 1. The summed E-state index contributed by atoms with van der Waals surface area (Å²) in [5.74, 6) is 2.73. The van der Waals surface area contributed by atoms with E-state index in [1.807, 2.05) is 0 Å². The smallest absolute Gasteiger partial charge is 0.191 e. The monoisotopic (exact) mass is 482 g/mol. The molecule has 1 aromatic rings. The van der Waals surface area contributed by atoms with E-state index in [4.69, 9.17) is 4.99 Å². The predicted octanol–water partition coefficient (Wildman–Crippen LogP) is 4.27. The molecule has 24 heavy (non-hydrogen) atoms. The van der Waals surface area contributed by atoms with Crippen molar-refractivity contribution in [2.24, 2.45) is 4.99 Å². The van der Waals surface area contributed by atoms with Crippen molar-refractivity contribution in [2.75, 3.05) is 25.4 Å². The van der Waals surface area contributed by atoms with Crippen molar-refractivity contribution in [3.63, 3.8) is 0 Å². The Kier molecular flexibility index (Phi) is 9.96. The van der Waals surface area contributed by atoms with Crippen molar-refractivity contribution in [2.45, 2.75) is 57.6 Å². The maximum absolute atomic E-state index is 4.79. The van der Waals surface area contributed by atoms with Gasteiger partial charge in [0.25, 0.3) is 0 Å². The van der Waals surface area contributed by atoms with Gasteiger partial charge in [-0.3, -0.25) is 4.99 Å². The van der Waals surface area contributed by atoms with Crippen molar-refractivity contribution >= 4 is 53.0 Å². The van der Waals surface area contributed by atoms with E-state index in [9.17, 15) is 0 Å². The van der Waals surface area contributed by atoms with Gasteiger partial charge >= 0.3 is 0 Å². The average molecular weight is 483 g/mol. The molecule has 0 saturated carbocycles. The largest absolute Gasteiger partial charge is 0.357 e. The minimum Gasteiger partial charge on any atom is -0.357 e. The summed E-state index contributed by atoms with van der Waals surface area (Å²) in [7, 11) is 0. The van der Waals surface area contributed by atoms with Gasteiger partial charge in [-0.25, -0.2) is 4.98 Å². The molecule has 2 rings (SSSR count). The molecule has 0 aromatic carbocycles. The molecule has 0 radical (unpaired) electrons. The Morgan fingerprint density at radius 1 is 1.42 bits per heavy atom. The molecule has 0 aliphatic carbocycles. The van der Waals surface area contributed by atoms with Gasteiger partial charge in [0.1, 0.15) is 0 Å². The normalized spacial score (nSPS) is 21.0. The molecule has 1 aliphatic rings. The van der Waals surface area contributed by atoms with Crippen LogP contribution < -0.4 is 10.6 Å². The number of halogens is 1. The quantitative estimate of drug-likeness (QED) is 0.346. The van der Waals surface area contributed by atoms with Crippen molar-refractivity contribution in [3.8, 4) is 0 Å². The lowest BCUT2D eigenvalue weighted by Crippen LogP contribution is -2.39. The molecule has 1 atom stereocenters. The van der Waals surface area contributed by atoms with Gasteiger partial charge in [-0.1, -0.05) is 13.8 Å². The van der Waals surface area contributed by atoms with Gasteiger partial charge in [-0.15, -0.1) is 35.3 Å². The summed E-state index contributed by atoms with van der Waals surface area (Å²) in [6.45, 7) is 11.5. The van der Waals surface area contributed by atoms with Crippen molar-refractivity contribution in [3.05, 3.63) is 16.1 Å². The number of aliphatic imine (C=N–C) groups is 1. The molecule has 1 aliphatic heterocycles. The van der Waals surface area contributed by atoms with E-state index in [0.29, 0.717) is 10.7 Å². The van der Waals surface area contributed by atoms with E-state index >= 15 is 0 Å². The van der Waals surface area contributed by atoms with E-state index in [0.717, 1.165) is 32.0 Å². The second kappa shape index (κ2) is 10.9. The predicted molar refractivity (Wildman–Crippen MR) is 119 cm³/mol. The fourth-order valence-corrected chi connectivity index (χ4v) is 4.66. The van der Waals surface area contributed by atoms with Crippen LogP contribution in [0.1, 0.15) is 57.2 Å². The Bertz CT molecular complexity index is 510. The molecule has 2 heterocycles. The third-order valence-corrected chi connectivity index (χ3v) is 6.67. The summed E-state index contributed by atoms with van der Waals surface area (Å²) < 4.78 is 0.323. The lowest BCUT2D eigenvalue weighted by Gasteiger charge is -2.21. The zero-order valence-electron chi connectivity index (χ0n) is 15.2. The highest BCUT2D eigenvalue weighted by molar-refractivity contribution is 14.0. The molecule has 1 aromatic heterocycles. The van der Waals surface area contributed by atoms with Gasteiger partial charge in [0.05, 0.1) is 17.2 Å². The van der Waals surface area contributed by atoms with Gasteiger partial charge in [0.2, 0.25) is 0 Å². The number of hydrogen-bond acceptors (Lipinski definition) is 4. The van der Waals surface area contributed by atoms with Crippen LogP contribution in [0.15, 0.2) is 10.4 Å². The summed E-state index contributed by atoms with van der Waals surface area (Å²) in [5, 5.41) is 10.2. The molecule has 1 fully saturated rings. The summed E-state index contributed by atoms with van der Waals surface area (Å²) >= 11 is 3.83. The summed E-state index contributed by atoms with van der Waals surface area (Å²) in [5.41, 5.74) is 1.18. The lowest BCUT2D eigenvalue weighted by molar-refractivity contribution is 0.614. The number of hydrogen-bond donors (Lipinski definition) is 2. The highest BCUT2D eigenvalue weighted by Crippen LogP contribution is 2.37. The van der Waals surface area contributed by atoms with Crippen LogP contribution in [-0.2, 0) is 6.42 Å². The molecule has 1 saturated heterocycles. The molecule has 7 heteroatoms. The molecular weight excluding hydrogens is 451 g/mol. The standard InChI is InChI=1S/C17H30N4S2.HI/c1-5-18-16(20-12-17(4)8-6-10-23-17)19-9-7-14-11-22-15(21-14)13(2)3;/h11,13H,5-10,12H2,1-4H3,(H2,18,19,20);1H. The second-order valence-electron chi connectivity index (χ2n) is 6.61. The molecule has 4 nitrogen and oxygen atoms in total. The molecule has 0 bridgehead atoms. The summed E-state index contributed by atoms with van der Waals surface area (Å²) in [6.07, 6.45) is 3.54. The number of guanidine groups is 1. The molecule has 138 valence electrons. The van der Waals surface area contributed by atoms with Crippen molar-refractivity contribution < 1.29 is 0 Å². The van der Waals surface area contributed by atoms with Gasteiger partial charge in [0.15, 0.2) is 5.96 Å².